The zero-order valence-electron chi connectivity index (χ0n) is 18.2. The van der Waals surface area contributed by atoms with Crippen LogP contribution in [0.1, 0.15) is 45.4 Å². The molecule has 0 amide bonds. The van der Waals surface area contributed by atoms with Crippen LogP contribution in [0.15, 0.2) is 12.7 Å². The van der Waals surface area contributed by atoms with Gasteiger partial charge in [0.1, 0.15) is 13.2 Å². The molecule has 0 aliphatic heterocycles. The molecular formula is C17H30F6N2O5S2+2. The summed E-state index contributed by atoms with van der Waals surface area (Å²) in [5.41, 5.74) is -12.7. The van der Waals surface area contributed by atoms with Gasteiger partial charge in [-0.1, -0.05) is 39.2 Å². The van der Waals surface area contributed by atoms with Crippen LogP contribution < -0.4 is 0 Å². The summed E-state index contributed by atoms with van der Waals surface area (Å²) in [5, 5.41) is 0. The normalized spacial score (nSPS) is 13.7. The van der Waals surface area contributed by atoms with Crippen molar-refractivity contribution < 1.29 is 55.8 Å². The lowest BCUT2D eigenvalue weighted by Crippen LogP contribution is -2.47. The SMILES string of the molecule is C=CC(OCC[N+](C)(C)CCCCCCCC)=[N+](S(=O)(=O)C(F)(F)F)S(=O)(=O)C(F)(F)F. The molecule has 0 unspecified atom stereocenters. The average Bonchev–Trinajstić information content (AvgIpc) is 2.61. The Hall–Kier alpha value is -1.35. The third-order valence-electron chi connectivity index (χ3n) is 4.44. The Kier molecular flexibility index (Phi) is 11.2. The fourth-order valence-electron chi connectivity index (χ4n) is 2.57. The van der Waals surface area contributed by atoms with Crippen LogP contribution >= 0.6 is 0 Å². The van der Waals surface area contributed by atoms with Crippen LogP contribution in [0.4, 0.5) is 26.3 Å². The number of ether oxygens (including phenoxy) is 1. The Labute approximate surface area is 185 Å². The second-order valence-electron chi connectivity index (χ2n) is 7.64. The fourth-order valence-corrected chi connectivity index (χ4v) is 5.21. The molecule has 32 heavy (non-hydrogen) atoms. The Bertz CT molecular complexity index is 817. The largest absolute Gasteiger partial charge is 0.561 e. The van der Waals surface area contributed by atoms with Crippen molar-refractivity contribution in [1.82, 2.24) is 0 Å². The van der Waals surface area contributed by atoms with Gasteiger partial charge < -0.3 is 9.22 Å². The number of alkyl halides is 6. The minimum atomic E-state index is -6.99. The number of halogens is 6. The van der Waals surface area contributed by atoms with Crippen LogP contribution in [0.2, 0.25) is 0 Å². The maximum absolute atomic E-state index is 12.9. The number of rotatable bonds is 13. The molecule has 7 nitrogen and oxygen atoms in total. The fraction of sp³-hybridized carbons (Fsp3) is 0.824. The molecule has 190 valence electrons. The van der Waals surface area contributed by atoms with Gasteiger partial charge in [0.05, 0.1) is 24.0 Å². The van der Waals surface area contributed by atoms with Crippen LogP contribution in [-0.4, -0.2) is 75.4 Å². The standard InChI is InChI=1S/C17H30F6N2O5S2/c1-5-7-8-9-10-11-12-25(3,4)13-14-30-15(6-2)24(31(26,27)16(18,19)20)32(28,29)17(21,22)23/h6H,2,5,7-14H2,1,3-4H3/q+2. The van der Waals surface area contributed by atoms with Crippen molar-refractivity contribution >= 4 is 25.9 Å². The molecule has 0 N–H and O–H groups in total. The van der Waals surface area contributed by atoms with Gasteiger partial charge in [0.25, 0.3) is 0 Å². The van der Waals surface area contributed by atoms with Crippen LogP contribution in [0, 0.1) is 0 Å². The minimum absolute atomic E-state index is 0.0538. The molecule has 0 aromatic heterocycles. The van der Waals surface area contributed by atoms with Crippen molar-refractivity contribution in [2.24, 2.45) is 0 Å². The highest BCUT2D eigenvalue weighted by atomic mass is 32.3. The number of hydrogen-bond donors (Lipinski definition) is 0. The number of sulfonamides is 2. The summed E-state index contributed by atoms with van der Waals surface area (Å²) in [5.74, 6) is -1.71. The molecule has 0 atom stereocenters. The van der Waals surface area contributed by atoms with Crippen LogP contribution in [0.3, 0.4) is 0 Å². The maximum Gasteiger partial charge on any atom is 0.561 e. The van der Waals surface area contributed by atoms with Crippen molar-refractivity contribution in [1.29, 1.82) is 0 Å². The molecule has 0 rings (SSSR count). The van der Waals surface area contributed by atoms with E-state index in [2.05, 4.69) is 13.5 Å². The first kappa shape index (κ1) is 30.6. The molecule has 0 heterocycles. The highest BCUT2D eigenvalue weighted by Crippen LogP contribution is 2.32. The zero-order valence-corrected chi connectivity index (χ0v) is 19.8. The molecule has 0 bridgehead atoms. The molecular weight excluding hydrogens is 490 g/mol. The summed E-state index contributed by atoms with van der Waals surface area (Å²) >= 11 is 0. The first-order valence-corrected chi connectivity index (χ1v) is 12.6. The number of quaternary nitrogens is 1. The summed E-state index contributed by atoms with van der Waals surface area (Å²) in [6.07, 6.45) is 6.23. The highest BCUT2D eigenvalue weighted by molar-refractivity contribution is 7.98. The van der Waals surface area contributed by atoms with Crippen molar-refractivity contribution in [3.63, 3.8) is 0 Å². The first-order valence-electron chi connectivity index (χ1n) is 9.72. The van der Waals surface area contributed by atoms with Crippen LogP contribution in [0.5, 0.6) is 0 Å². The number of hydrogen-bond acceptors (Lipinski definition) is 5. The minimum Gasteiger partial charge on any atom is -0.437 e. The molecule has 0 aromatic rings. The van der Waals surface area contributed by atoms with Gasteiger partial charge in [-0.05, 0) is 12.8 Å². The summed E-state index contributed by atoms with van der Waals surface area (Å²) in [6, 6.07) is 0. The molecule has 0 spiro atoms. The Morgan fingerprint density at radius 3 is 1.72 bits per heavy atom. The van der Waals surface area contributed by atoms with E-state index in [1.165, 1.54) is 0 Å². The van der Waals surface area contributed by atoms with Gasteiger partial charge in [0.2, 0.25) is 0 Å². The molecule has 0 radical (unpaired) electrons. The molecule has 0 aromatic carbocycles. The Morgan fingerprint density at radius 1 is 0.875 bits per heavy atom. The van der Waals surface area contributed by atoms with E-state index >= 15 is 0 Å². The Balaban J connectivity index is 5.65. The number of nitrogens with zero attached hydrogens (tertiary/aromatic N) is 2. The van der Waals surface area contributed by atoms with E-state index in [0.717, 1.165) is 38.5 Å². The molecule has 0 aliphatic carbocycles. The summed E-state index contributed by atoms with van der Waals surface area (Å²) in [4.78, 5) is 0. The van der Waals surface area contributed by atoms with Crippen molar-refractivity contribution in [2.75, 3.05) is 33.8 Å². The maximum atomic E-state index is 12.9. The lowest BCUT2D eigenvalue weighted by atomic mass is 10.1. The second-order valence-corrected chi connectivity index (χ2v) is 11.4. The molecule has 0 saturated heterocycles. The van der Waals surface area contributed by atoms with E-state index in [9.17, 15) is 43.2 Å². The van der Waals surface area contributed by atoms with E-state index in [4.69, 9.17) is 4.74 Å². The summed E-state index contributed by atoms with van der Waals surface area (Å²) in [7, 11) is -10.5. The predicted octanol–water partition coefficient (Wildman–Crippen LogP) is 3.74. The van der Waals surface area contributed by atoms with Crippen LogP contribution in [-0.2, 0) is 24.8 Å². The van der Waals surface area contributed by atoms with E-state index < -0.39 is 47.0 Å². The zero-order chi connectivity index (χ0) is 25.4. The molecule has 15 heteroatoms. The summed E-state index contributed by atoms with van der Waals surface area (Å²) in [6.45, 7) is 5.09. The smallest absolute Gasteiger partial charge is 0.437 e. The topological polar surface area (TPSA) is 80.5 Å². The molecule has 0 aliphatic rings. The third-order valence-corrected chi connectivity index (χ3v) is 8.02. The Morgan fingerprint density at radius 2 is 1.31 bits per heavy atom. The van der Waals surface area contributed by atoms with Gasteiger partial charge in [-0.15, -0.1) is 0 Å². The van der Waals surface area contributed by atoms with E-state index in [1.54, 1.807) is 14.1 Å². The van der Waals surface area contributed by atoms with Gasteiger partial charge in [0.15, 0.2) is 0 Å². The van der Waals surface area contributed by atoms with Crippen molar-refractivity contribution in [3.05, 3.63) is 12.7 Å². The van der Waals surface area contributed by atoms with Crippen LogP contribution in [0.25, 0.3) is 0 Å². The van der Waals surface area contributed by atoms with E-state index in [0.29, 0.717) is 6.54 Å². The van der Waals surface area contributed by atoms with Gasteiger partial charge in [-0.3, -0.25) is 0 Å². The monoisotopic (exact) mass is 520 g/mol. The number of unbranched alkanes of at least 4 members (excludes halogenated alkanes) is 5. The second kappa shape index (κ2) is 11.7. The molecule has 0 saturated carbocycles. The van der Waals surface area contributed by atoms with Gasteiger partial charge >= 0.3 is 37.0 Å². The van der Waals surface area contributed by atoms with Gasteiger partial charge in [-0.25, -0.2) is 0 Å². The summed E-state index contributed by atoms with van der Waals surface area (Å²) < 4.78 is 127. The first-order chi connectivity index (χ1) is 14.3. The third kappa shape index (κ3) is 8.54. The van der Waals surface area contributed by atoms with Gasteiger partial charge in [-0.2, -0.15) is 43.2 Å². The van der Waals surface area contributed by atoms with Gasteiger partial charge in [0, 0.05) is 6.08 Å². The molecule has 0 fully saturated rings. The van der Waals surface area contributed by atoms with Crippen molar-refractivity contribution in [2.45, 2.75) is 56.5 Å². The quantitative estimate of drug-likeness (QED) is 0.0923. The lowest BCUT2D eigenvalue weighted by Gasteiger charge is -2.29. The van der Waals surface area contributed by atoms with Crippen molar-refractivity contribution in [3.8, 4) is 0 Å². The predicted molar refractivity (Wildman–Crippen MR) is 107 cm³/mol. The lowest BCUT2D eigenvalue weighted by molar-refractivity contribution is -0.890. The average molecular weight is 521 g/mol. The van der Waals surface area contributed by atoms with E-state index in [1.807, 2.05) is 0 Å². The number of likely N-dealkylation sites (N-methyl/N-ethyl adjacent to an activating group) is 1. The highest BCUT2D eigenvalue weighted by Gasteiger charge is 2.68. The van der Waals surface area contributed by atoms with E-state index in [-0.39, 0.29) is 17.1 Å².